The lowest BCUT2D eigenvalue weighted by Gasteiger charge is -2.59. The zero-order valence-electron chi connectivity index (χ0n) is 12.3. The van der Waals surface area contributed by atoms with Gasteiger partial charge in [-0.1, -0.05) is 36.4 Å². The summed E-state index contributed by atoms with van der Waals surface area (Å²) in [6.07, 6.45) is 6.42. The fourth-order valence-electron chi connectivity index (χ4n) is 5.81. The van der Waals surface area contributed by atoms with Gasteiger partial charge in [0.1, 0.15) is 0 Å². The van der Waals surface area contributed by atoms with Gasteiger partial charge >= 0.3 is 0 Å². The number of hydrogen-bond donors (Lipinski definition) is 1. The highest BCUT2D eigenvalue weighted by molar-refractivity contribution is 5.83. The first kappa shape index (κ1) is 12.2. The Bertz CT molecular complexity index is 674. The summed E-state index contributed by atoms with van der Waals surface area (Å²) < 4.78 is 0. The maximum atomic E-state index is 11.6. The number of hydrogen-bond acceptors (Lipinski definition) is 1. The van der Waals surface area contributed by atoms with E-state index in [2.05, 4.69) is 42.5 Å². The van der Waals surface area contributed by atoms with Crippen molar-refractivity contribution in [3.63, 3.8) is 0 Å². The van der Waals surface area contributed by atoms with Crippen molar-refractivity contribution in [3.05, 3.63) is 48.0 Å². The largest absolute Gasteiger partial charge is 0.385 e. The molecule has 0 radical (unpaired) electrons. The summed E-state index contributed by atoms with van der Waals surface area (Å²) in [6, 6.07) is 15.1. The first-order valence-electron chi connectivity index (χ1n) is 8.45. The second kappa shape index (κ2) is 4.10. The third-order valence-electron chi connectivity index (χ3n) is 6.59. The fraction of sp³-hybridized carbons (Fsp3) is 0.500. The van der Waals surface area contributed by atoms with Gasteiger partial charge in [-0.3, -0.25) is 0 Å². The summed E-state index contributed by atoms with van der Waals surface area (Å²) in [4.78, 5) is 0. The van der Waals surface area contributed by atoms with Gasteiger partial charge in [0, 0.05) is 0 Å². The maximum Gasteiger partial charge on any atom is 0.0953 e. The van der Waals surface area contributed by atoms with Crippen LogP contribution in [0.4, 0.5) is 0 Å². The number of rotatable bonds is 1. The normalized spacial score (nSPS) is 40.8. The van der Waals surface area contributed by atoms with Gasteiger partial charge in [0.05, 0.1) is 5.60 Å². The van der Waals surface area contributed by atoms with Crippen LogP contribution in [0.1, 0.15) is 37.7 Å². The van der Waals surface area contributed by atoms with E-state index >= 15 is 0 Å². The Balaban J connectivity index is 1.64. The highest BCUT2D eigenvalue weighted by atomic mass is 16.3. The SMILES string of the molecule is OC1(c2ccc3ccccc3c2)C2CC3CC(C2)CC1C3. The van der Waals surface area contributed by atoms with E-state index in [1.54, 1.807) is 0 Å². The number of fused-ring (bicyclic) bond motifs is 1. The van der Waals surface area contributed by atoms with Gasteiger partial charge in [-0.05, 0) is 78.2 Å². The van der Waals surface area contributed by atoms with Crippen LogP contribution in [0.15, 0.2) is 42.5 Å². The van der Waals surface area contributed by atoms with Crippen LogP contribution in [0.5, 0.6) is 0 Å². The summed E-state index contributed by atoms with van der Waals surface area (Å²) in [5, 5.41) is 14.2. The first-order chi connectivity index (χ1) is 10.2. The summed E-state index contributed by atoms with van der Waals surface area (Å²) in [5.74, 6) is 2.78. The topological polar surface area (TPSA) is 20.2 Å². The molecule has 2 aromatic carbocycles. The Morgan fingerprint density at radius 2 is 1.38 bits per heavy atom. The average molecular weight is 278 g/mol. The Hall–Kier alpha value is -1.34. The highest BCUT2D eigenvalue weighted by Gasteiger charge is 2.57. The van der Waals surface area contributed by atoms with E-state index in [0.717, 1.165) is 11.8 Å². The summed E-state index contributed by atoms with van der Waals surface area (Å²) in [5.41, 5.74) is 0.618. The van der Waals surface area contributed by atoms with Crippen molar-refractivity contribution in [2.75, 3.05) is 0 Å². The average Bonchev–Trinajstić information content (AvgIpc) is 2.51. The molecule has 0 amide bonds. The van der Waals surface area contributed by atoms with Crippen LogP contribution in [0.25, 0.3) is 10.8 Å². The highest BCUT2D eigenvalue weighted by Crippen LogP contribution is 2.61. The van der Waals surface area contributed by atoms with E-state index in [1.807, 2.05) is 0 Å². The molecule has 4 aliphatic carbocycles. The molecule has 4 saturated carbocycles. The molecule has 1 heteroatoms. The van der Waals surface area contributed by atoms with Crippen LogP contribution in [-0.4, -0.2) is 5.11 Å². The van der Waals surface area contributed by atoms with Crippen molar-refractivity contribution in [2.45, 2.75) is 37.7 Å². The maximum absolute atomic E-state index is 11.6. The molecule has 4 bridgehead atoms. The van der Waals surface area contributed by atoms with Gasteiger partial charge in [0.2, 0.25) is 0 Å². The molecule has 0 unspecified atom stereocenters. The van der Waals surface area contributed by atoms with Crippen molar-refractivity contribution in [1.82, 2.24) is 0 Å². The molecule has 4 fully saturated rings. The summed E-state index contributed by atoms with van der Waals surface area (Å²) in [7, 11) is 0. The molecule has 1 nitrogen and oxygen atoms in total. The summed E-state index contributed by atoms with van der Waals surface area (Å²) in [6.45, 7) is 0. The third kappa shape index (κ3) is 1.61. The minimum absolute atomic E-state index is 0.495. The van der Waals surface area contributed by atoms with Gasteiger partial charge in [-0.2, -0.15) is 0 Å². The standard InChI is InChI=1S/C20H22O/c21-20(17-6-5-15-3-1-2-4-16(15)12-17)18-8-13-7-14(10-18)11-19(20)9-13/h1-6,12-14,18-19,21H,7-11H2. The van der Waals surface area contributed by atoms with Gasteiger partial charge in [0.15, 0.2) is 0 Å². The van der Waals surface area contributed by atoms with Crippen LogP contribution >= 0.6 is 0 Å². The van der Waals surface area contributed by atoms with Gasteiger partial charge in [0.25, 0.3) is 0 Å². The summed E-state index contributed by atoms with van der Waals surface area (Å²) >= 11 is 0. The predicted molar refractivity (Wildman–Crippen MR) is 84.9 cm³/mol. The molecule has 0 atom stereocenters. The fourth-order valence-corrected chi connectivity index (χ4v) is 5.81. The van der Waals surface area contributed by atoms with Gasteiger partial charge in [-0.15, -0.1) is 0 Å². The Morgan fingerprint density at radius 3 is 2.05 bits per heavy atom. The minimum atomic E-state index is -0.558. The predicted octanol–water partition coefficient (Wildman–Crippen LogP) is 4.48. The molecule has 21 heavy (non-hydrogen) atoms. The van der Waals surface area contributed by atoms with Crippen LogP contribution in [0.2, 0.25) is 0 Å². The quantitative estimate of drug-likeness (QED) is 0.815. The monoisotopic (exact) mass is 278 g/mol. The van der Waals surface area contributed by atoms with Crippen LogP contribution < -0.4 is 0 Å². The van der Waals surface area contributed by atoms with Gasteiger partial charge in [-0.25, -0.2) is 0 Å². The van der Waals surface area contributed by atoms with E-state index in [4.69, 9.17) is 0 Å². The smallest absolute Gasteiger partial charge is 0.0953 e. The Kier molecular flexibility index (Phi) is 2.39. The molecule has 0 spiro atoms. The second-order valence-corrected chi connectivity index (χ2v) is 7.69. The van der Waals surface area contributed by atoms with Crippen LogP contribution in [0, 0.1) is 23.7 Å². The van der Waals surface area contributed by atoms with Crippen molar-refractivity contribution in [2.24, 2.45) is 23.7 Å². The van der Waals surface area contributed by atoms with Crippen molar-refractivity contribution >= 4 is 10.8 Å². The third-order valence-corrected chi connectivity index (χ3v) is 6.59. The first-order valence-corrected chi connectivity index (χ1v) is 8.45. The lowest BCUT2D eigenvalue weighted by Crippen LogP contribution is -2.55. The molecule has 108 valence electrons. The molecule has 1 N–H and O–H groups in total. The molecule has 0 aromatic heterocycles. The van der Waals surface area contributed by atoms with Crippen molar-refractivity contribution in [1.29, 1.82) is 0 Å². The molecular weight excluding hydrogens is 256 g/mol. The molecule has 0 saturated heterocycles. The molecule has 0 aliphatic heterocycles. The van der Waals surface area contributed by atoms with Crippen molar-refractivity contribution in [3.8, 4) is 0 Å². The number of benzene rings is 2. The Labute approximate surface area is 126 Å². The van der Waals surface area contributed by atoms with Crippen molar-refractivity contribution < 1.29 is 5.11 Å². The second-order valence-electron chi connectivity index (χ2n) is 7.69. The lowest BCUT2D eigenvalue weighted by molar-refractivity contribution is -0.179. The van der Waals surface area contributed by atoms with E-state index in [0.29, 0.717) is 11.8 Å². The molecular formula is C20H22O. The molecule has 4 aliphatic rings. The Morgan fingerprint density at radius 1 is 0.762 bits per heavy atom. The van der Waals surface area contributed by atoms with Crippen LogP contribution in [0.3, 0.4) is 0 Å². The van der Waals surface area contributed by atoms with Gasteiger partial charge < -0.3 is 5.11 Å². The zero-order valence-corrected chi connectivity index (χ0v) is 12.3. The minimum Gasteiger partial charge on any atom is -0.385 e. The lowest BCUT2D eigenvalue weighted by atomic mass is 9.48. The van der Waals surface area contributed by atoms with E-state index in [9.17, 15) is 5.11 Å². The van der Waals surface area contributed by atoms with E-state index in [-0.39, 0.29) is 0 Å². The molecule has 0 heterocycles. The number of aliphatic hydroxyl groups is 1. The molecule has 6 rings (SSSR count). The molecule has 2 aromatic rings. The van der Waals surface area contributed by atoms with E-state index < -0.39 is 5.60 Å². The van der Waals surface area contributed by atoms with Crippen LogP contribution in [-0.2, 0) is 5.60 Å². The zero-order chi connectivity index (χ0) is 14.0. The van der Waals surface area contributed by atoms with E-state index in [1.165, 1.54) is 48.4 Å².